The van der Waals surface area contributed by atoms with Gasteiger partial charge in [0.15, 0.2) is 5.13 Å². The Morgan fingerprint density at radius 3 is 2.81 bits per heavy atom. The molecule has 2 aromatic rings. The van der Waals surface area contributed by atoms with Crippen molar-refractivity contribution in [1.82, 2.24) is 9.88 Å². The van der Waals surface area contributed by atoms with Gasteiger partial charge < -0.3 is 5.73 Å². The second kappa shape index (κ2) is 7.78. The van der Waals surface area contributed by atoms with E-state index in [1.165, 1.54) is 42.8 Å². The summed E-state index contributed by atoms with van der Waals surface area (Å²) in [6.45, 7) is 3.38. The maximum Gasteiger partial charge on any atom is 0.180 e. The van der Waals surface area contributed by atoms with Crippen molar-refractivity contribution in [1.29, 1.82) is 0 Å². The summed E-state index contributed by atoms with van der Waals surface area (Å²) in [5.41, 5.74) is 7.16. The number of benzene rings is 1. The monoisotopic (exact) mass is 323 g/mol. The predicted octanol–water partition coefficient (Wildman–Crippen LogP) is 3.60. The van der Waals surface area contributed by atoms with Gasteiger partial charge >= 0.3 is 0 Å². The molecule has 3 rings (SSSR count). The molecule has 2 heterocycles. The Morgan fingerprint density at radius 1 is 1.29 bits per heavy atom. The summed E-state index contributed by atoms with van der Waals surface area (Å²) in [6.07, 6.45) is 5.75. The van der Waals surface area contributed by atoms with Crippen molar-refractivity contribution in [2.45, 2.75) is 25.8 Å². The summed E-state index contributed by atoms with van der Waals surface area (Å²) < 4.78 is 0. The van der Waals surface area contributed by atoms with Gasteiger partial charge in [0, 0.05) is 24.2 Å². The van der Waals surface area contributed by atoms with Gasteiger partial charge in [-0.15, -0.1) is 23.7 Å². The Bertz CT molecular complexity index is 543. The summed E-state index contributed by atoms with van der Waals surface area (Å²) in [7, 11) is 0. The molecule has 0 bridgehead atoms. The molecule has 1 aliphatic heterocycles. The number of aromatic nitrogens is 1. The Labute approximate surface area is 136 Å². The van der Waals surface area contributed by atoms with E-state index < -0.39 is 0 Å². The summed E-state index contributed by atoms with van der Waals surface area (Å²) in [5.74, 6) is 0.774. The Hall–Kier alpha value is -1.10. The van der Waals surface area contributed by atoms with E-state index in [1.54, 1.807) is 11.3 Å². The number of thiazole rings is 1. The van der Waals surface area contributed by atoms with Crippen LogP contribution in [0.15, 0.2) is 36.5 Å². The van der Waals surface area contributed by atoms with Crippen LogP contribution < -0.4 is 5.73 Å². The highest BCUT2D eigenvalue weighted by atomic mass is 35.5. The molecule has 1 atom stereocenters. The SMILES string of the molecule is Cl.Nc1ncc(CN2CCCC(Cc3ccccc3)C2)s1. The van der Waals surface area contributed by atoms with Gasteiger partial charge in [-0.05, 0) is 37.3 Å². The van der Waals surface area contributed by atoms with E-state index in [2.05, 4.69) is 40.2 Å². The zero-order valence-corrected chi connectivity index (χ0v) is 13.7. The number of nitrogens with two attached hydrogens (primary N) is 1. The molecule has 1 unspecified atom stereocenters. The first-order valence-corrected chi connectivity index (χ1v) is 8.08. The number of nitrogens with zero attached hydrogens (tertiary/aromatic N) is 2. The smallest absolute Gasteiger partial charge is 0.180 e. The predicted molar refractivity (Wildman–Crippen MR) is 91.9 cm³/mol. The van der Waals surface area contributed by atoms with Gasteiger partial charge in [0.1, 0.15) is 0 Å². The molecule has 3 nitrogen and oxygen atoms in total. The Morgan fingerprint density at radius 2 is 2.10 bits per heavy atom. The molecule has 1 aliphatic rings. The second-order valence-corrected chi connectivity index (χ2v) is 6.74. The van der Waals surface area contributed by atoms with E-state index in [9.17, 15) is 0 Å². The van der Waals surface area contributed by atoms with E-state index >= 15 is 0 Å². The van der Waals surface area contributed by atoms with Crippen LogP contribution in [0.1, 0.15) is 23.3 Å². The van der Waals surface area contributed by atoms with E-state index in [-0.39, 0.29) is 12.4 Å². The molecule has 5 heteroatoms. The lowest BCUT2D eigenvalue weighted by Gasteiger charge is -2.32. The van der Waals surface area contributed by atoms with Crippen LogP contribution in [0.4, 0.5) is 5.13 Å². The fourth-order valence-corrected chi connectivity index (χ4v) is 3.75. The van der Waals surface area contributed by atoms with Crippen molar-refractivity contribution in [3.05, 3.63) is 47.0 Å². The van der Waals surface area contributed by atoms with Crippen molar-refractivity contribution in [3.8, 4) is 0 Å². The van der Waals surface area contributed by atoms with Crippen molar-refractivity contribution in [2.75, 3.05) is 18.8 Å². The third-order valence-electron chi connectivity index (χ3n) is 3.92. The molecule has 1 aromatic carbocycles. The molecule has 21 heavy (non-hydrogen) atoms. The van der Waals surface area contributed by atoms with Gasteiger partial charge in [-0.25, -0.2) is 4.98 Å². The highest BCUT2D eigenvalue weighted by molar-refractivity contribution is 7.15. The van der Waals surface area contributed by atoms with Crippen LogP contribution in [-0.4, -0.2) is 23.0 Å². The summed E-state index contributed by atoms with van der Waals surface area (Å²) in [5, 5.41) is 0.679. The molecular weight excluding hydrogens is 302 g/mol. The standard InChI is InChI=1S/C16H21N3S.ClH/c17-16-18-10-15(20-16)12-19-8-4-7-14(11-19)9-13-5-2-1-3-6-13;/h1-3,5-6,10,14H,4,7-9,11-12H2,(H2,17,18);1H. The largest absolute Gasteiger partial charge is 0.375 e. The average Bonchev–Trinajstić information content (AvgIpc) is 2.86. The lowest BCUT2D eigenvalue weighted by molar-refractivity contribution is 0.168. The summed E-state index contributed by atoms with van der Waals surface area (Å²) >= 11 is 1.61. The van der Waals surface area contributed by atoms with Crippen molar-refractivity contribution in [3.63, 3.8) is 0 Å². The number of rotatable bonds is 4. The lowest BCUT2D eigenvalue weighted by atomic mass is 9.91. The number of hydrogen-bond donors (Lipinski definition) is 1. The number of likely N-dealkylation sites (tertiary alicyclic amines) is 1. The van der Waals surface area contributed by atoms with Crippen LogP contribution in [0.25, 0.3) is 0 Å². The van der Waals surface area contributed by atoms with Gasteiger partial charge in [-0.1, -0.05) is 30.3 Å². The van der Waals surface area contributed by atoms with E-state index in [4.69, 9.17) is 5.73 Å². The van der Waals surface area contributed by atoms with Crippen LogP contribution in [0.2, 0.25) is 0 Å². The van der Waals surface area contributed by atoms with E-state index in [0.717, 1.165) is 12.5 Å². The van der Waals surface area contributed by atoms with Crippen LogP contribution in [0, 0.1) is 5.92 Å². The van der Waals surface area contributed by atoms with E-state index in [1.807, 2.05) is 6.20 Å². The molecule has 1 aromatic heterocycles. The molecule has 0 spiro atoms. The topological polar surface area (TPSA) is 42.1 Å². The molecule has 0 aliphatic carbocycles. The van der Waals surface area contributed by atoms with Crippen LogP contribution in [0.3, 0.4) is 0 Å². The Balaban J connectivity index is 0.00000161. The number of piperidine rings is 1. The number of anilines is 1. The first kappa shape index (κ1) is 16.3. The van der Waals surface area contributed by atoms with Gasteiger partial charge in [0.2, 0.25) is 0 Å². The zero-order chi connectivity index (χ0) is 13.8. The van der Waals surface area contributed by atoms with E-state index in [0.29, 0.717) is 5.13 Å². The van der Waals surface area contributed by atoms with Crippen molar-refractivity contribution in [2.24, 2.45) is 5.92 Å². The minimum Gasteiger partial charge on any atom is -0.375 e. The zero-order valence-electron chi connectivity index (χ0n) is 12.1. The third kappa shape index (κ3) is 4.70. The van der Waals surface area contributed by atoms with Gasteiger partial charge in [-0.2, -0.15) is 0 Å². The van der Waals surface area contributed by atoms with Crippen molar-refractivity contribution >= 4 is 28.9 Å². The molecule has 0 radical (unpaired) electrons. The number of nitrogen functional groups attached to an aromatic ring is 1. The maximum absolute atomic E-state index is 5.70. The first-order valence-electron chi connectivity index (χ1n) is 7.26. The molecular formula is C16H22ClN3S. The molecule has 0 saturated carbocycles. The molecule has 1 saturated heterocycles. The molecule has 1 fully saturated rings. The minimum absolute atomic E-state index is 0. The molecule has 114 valence electrons. The van der Waals surface area contributed by atoms with Gasteiger partial charge in [0.05, 0.1) is 0 Å². The highest BCUT2D eigenvalue weighted by Gasteiger charge is 2.20. The summed E-state index contributed by atoms with van der Waals surface area (Å²) in [6, 6.07) is 10.8. The summed E-state index contributed by atoms with van der Waals surface area (Å²) in [4.78, 5) is 7.96. The quantitative estimate of drug-likeness (QED) is 0.934. The van der Waals surface area contributed by atoms with Crippen LogP contribution in [0.5, 0.6) is 0 Å². The second-order valence-electron chi connectivity index (χ2n) is 5.60. The third-order valence-corrected chi connectivity index (χ3v) is 4.73. The Kier molecular flexibility index (Phi) is 6.03. The molecule has 0 amide bonds. The fourth-order valence-electron chi connectivity index (χ4n) is 3.03. The normalized spacial score (nSPS) is 19.1. The lowest BCUT2D eigenvalue weighted by Crippen LogP contribution is -2.35. The van der Waals surface area contributed by atoms with Gasteiger partial charge in [0.25, 0.3) is 0 Å². The minimum atomic E-state index is 0. The number of halogens is 1. The highest BCUT2D eigenvalue weighted by Crippen LogP contribution is 2.24. The molecule has 2 N–H and O–H groups in total. The number of hydrogen-bond acceptors (Lipinski definition) is 4. The van der Waals surface area contributed by atoms with Crippen LogP contribution >= 0.6 is 23.7 Å². The van der Waals surface area contributed by atoms with Crippen LogP contribution in [-0.2, 0) is 13.0 Å². The van der Waals surface area contributed by atoms with Crippen molar-refractivity contribution < 1.29 is 0 Å². The fraction of sp³-hybridized carbons (Fsp3) is 0.438. The maximum atomic E-state index is 5.70. The first-order chi connectivity index (χ1) is 9.79. The average molecular weight is 324 g/mol. The van der Waals surface area contributed by atoms with Gasteiger partial charge in [-0.3, -0.25) is 4.90 Å².